The van der Waals surface area contributed by atoms with Gasteiger partial charge < -0.3 is 10.1 Å². The minimum absolute atomic E-state index is 0.0790. The number of halogens is 8. The molecular formula is C20H22F8N6O4S2. The number of hydrogen-bond acceptors (Lipinski definition) is 10. The van der Waals surface area contributed by atoms with Gasteiger partial charge in [-0.05, 0) is 62.0 Å². The first-order chi connectivity index (χ1) is 18.2. The highest BCUT2D eigenvalue weighted by Crippen LogP contribution is 2.38. The van der Waals surface area contributed by atoms with Crippen molar-refractivity contribution in [2.75, 3.05) is 17.8 Å². The molecule has 0 fully saturated rings. The Morgan fingerprint density at radius 3 is 2.30 bits per heavy atom. The summed E-state index contributed by atoms with van der Waals surface area (Å²) in [5.74, 6) is -1.78. The monoisotopic (exact) mass is 626 g/mol. The van der Waals surface area contributed by atoms with Gasteiger partial charge in [-0.25, -0.2) is 4.79 Å². The van der Waals surface area contributed by atoms with Crippen molar-refractivity contribution in [2.24, 2.45) is 16.1 Å². The van der Waals surface area contributed by atoms with Crippen LogP contribution in [0.5, 0.6) is 0 Å². The molecule has 1 aromatic heterocycles. The van der Waals surface area contributed by atoms with Crippen molar-refractivity contribution < 1.29 is 53.1 Å². The summed E-state index contributed by atoms with van der Waals surface area (Å²) < 4.78 is 129. The van der Waals surface area contributed by atoms with Gasteiger partial charge in [0, 0.05) is 0 Å². The summed E-state index contributed by atoms with van der Waals surface area (Å²) in [6.45, 7) is 6.91. The Morgan fingerprint density at radius 1 is 1.07 bits per heavy atom. The molecule has 0 aliphatic heterocycles. The summed E-state index contributed by atoms with van der Waals surface area (Å²) >= 11 is 0.0790. The van der Waals surface area contributed by atoms with Crippen molar-refractivity contribution in [1.82, 2.24) is 15.5 Å². The quantitative estimate of drug-likeness (QED) is 0.127. The van der Waals surface area contributed by atoms with E-state index >= 15 is 0 Å². The van der Waals surface area contributed by atoms with Gasteiger partial charge in [-0.1, -0.05) is 25.2 Å². The van der Waals surface area contributed by atoms with Gasteiger partial charge in [0.25, 0.3) is 5.13 Å². The molecule has 10 nitrogen and oxygen atoms in total. The van der Waals surface area contributed by atoms with Crippen LogP contribution < -0.4 is 10.0 Å². The number of alkyl halides is 8. The average molecular weight is 627 g/mol. The summed E-state index contributed by atoms with van der Waals surface area (Å²) in [5.41, 5.74) is -5.69. The van der Waals surface area contributed by atoms with Gasteiger partial charge in [0.05, 0.1) is 5.69 Å². The molecule has 20 heteroatoms. The summed E-state index contributed by atoms with van der Waals surface area (Å²) in [5, 5.41) is 15.0. The van der Waals surface area contributed by atoms with Gasteiger partial charge >= 0.3 is 33.8 Å². The molecule has 1 aromatic carbocycles. The van der Waals surface area contributed by atoms with Crippen LogP contribution in [0, 0.1) is 12.8 Å². The average Bonchev–Trinajstić information content (AvgIpc) is 3.26. The maximum Gasteiger partial charge on any atom is 0.516 e. The molecule has 0 saturated heterocycles. The molecule has 0 saturated carbocycles. The Kier molecular flexibility index (Phi) is 10.5. The lowest BCUT2D eigenvalue weighted by atomic mass is 10.0. The Morgan fingerprint density at radius 2 is 1.73 bits per heavy atom. The van der Waals surface area contributed by atoms with Crippen molar-refractivity contribution >= 4 is 43.8 Å². The molecule has 40 heavy (non-hydrogen) atoms. The first-order valence-electron chi connectivity index (χ1n) is 11.1. The van der Waals surface area contributed by atoms with Crippen molar-refractivity contribution in [2.45, 2.75) is 51.4 Å². The third-order valence-corrected chi connectivity index (χ3v) is 6.62. The standard InChI is InChI=1S/C20H22F8N6O4S2/c1-10(2)9-29-6-4-5-12-8-13(14(7-11(12)3)34-40(36,37)20(26,27)28)30-32-17-33-31-15(39-17)16(35)38-19(24,25)18(21,22)23/h7-8,10,29,34H,4-6,9H2,1-3H3. The highest BCUT2D eigenvalue weighted by molar-refractivity contribution is 7.93. The fourth-order valence-electron chi connectivity index (χ4n) is 2.82. The molecule has 2 rings (SSSR count). The predicted molar refractivity (Wildman–Crippen MR) is 126 cm³/mol. The van der Waals surface area contributed by atoms with E-state index in [2.05, 4.69) is 30.5 Å². The summed E-state index contributed by atoms with van der Waals surface area (Å²) in [6, 6.07) is 2.35. The van der Waals surface area contributed by atoms with Crippen LogP contribution in [0.2, 0.25) is 0 Å². The Bertz CT molecular complexity index is 1330. The van der Waals surface area contributed by atoms with Crippen LogP contribution in [0.25, 0.3) is 0 Å². The van der Waals surface area contributed by atoms with Crippen LogP contribution in [-0.4, -0.2) is 55.5 Å². The van der Waals surface area contributed by atoms with Crippen LogP contribution in [0.15, 0.2) is 22.4 Å². The molecule has 0 amide bonds. The number of sulfonamides is 1. The Labute approximate surface area is 226 Å². The molecule has 0 aliphatic rings. The molecule has 0 bridgehead atoms. The second-order valence-electron chi connectivity index (χ2n) is 8.54. The highest BCUT2D eigenvalue weighted by Gasteiger charge is 2.62. The first-order valence-corrected chi connectivity index (χ1v) is 13.4. The van der Waals surface area contributed by atoms with E-state index in [1.165, 1.54) is 17.7 Å². The van der Waals surface area contributed by atoms with Crippen molar-refractivity contribution in [1.29, 1.82) is 0 Å². The molecule has 1 heterocycles. The lowest BCUT2D eigenvalue weighted by Crippen LogP contribution is -2.40. The lowest BCUT2D eigenvalue weighted by molar-refractivity contribution is -0.370. The largest absolute Gasteiger partial charge is 0.516 e. The third kappa shape index (κ3) is 9.01. The number of nitrogens with one attached hydrogen (secondary N) is 2. The number of azo groups is 1. The molecule has 0 radical (unpaired) electrons. The second-order valence-corrected chi connectivity index (χ2v) is 11.2. The summed E-state index contributed by atoms with van der Waals surface area (Å²) in [7, 11) is -5.87. The van der Waals surface area contributed by atoms with E-state index in [9.17, 15) is 48.3 Å². The molecule has 0 spiro atoms. The fourth-order valence-corrected chi connectivity index (χ4v) is 3.94. The lowest BCUT2D eigenvalue weighted by Gasteiger charge is -2.17. The van der Waals surface area contributed by atoms with E-state index in [0.29, 0.717) is 36.4 Å². The zero-order chi connectivity index (χ0) is 30.5. The van der Waals surface area contributed by atoms with E-state index in [1.807, 2.05) is 13.8 Å². The zero-order valence-corrected chi connectivity index (χ0v) is 22.5. The maximum absolute atomic E-state index is 13.0. The van der Waals surface area contributed by atoms with Gasteiger partial charge in [-0.2, -0.15) is 43.5 Å². The maximum atomic E-state index is 13.0. The number of hydrogen-bond donors (Lipinski definition) is 2. The number of nitrogens with zero attached hydrogens (tertiary/aromatic N) is 4. The molecular weight excluding hydrogens is 604 g/mol. The minimum atomic E-state index is -6.19. The number of benzene rings is 1. The van der Waals surface area contributed by atoms with Crippen LogP contribution in [0.4, 0.5) is 51.6 Å². The van der Waals surface area contributed by atoms with Crippen LogP contribution in [0.3, 0.4) is 0 Å². The number of rotatable bonds is 12. The van der Waals surface area contributed by atoms with Crippen LogP contribution >= 0.6 is 11.3 Å². The number of anilines is 1. The molecule has 0 aliphatic carbocycles. The zero-order valence-electron chi connectivity index (χ0n) is 20.8. The van der Waals surface area contributed by atoms with Gasteiger partial charge in [0.15, 0.2) is 0 Å². The van der Waals surface area contributed by atoms with E-state index < -0.39 is 55.3 Å². The van der Waals surface area contributed by atoms with Crippen molar-refractivity contribution in [3.05, 3.63) is 28.3 Å². The second kappa shape index (κ2) is 12.7. The topological polar surface area (TPSA) is 135 Å². The van der Waals surface area contributed by atoms with Gasteiger partial charge in [0.1, 0.15) is 5.69 Å². The number of carbonyl (C=O) groups excluding carboxylic acids is 1. The highest BCUT2D eigenvalue weighted by atomic mass is 32.2. The Balaban J connectivity index is 2.34. The Hall–Kier alpha value is -3.00. The molecule has 0 unspecified atom stereocenters. The number of esters is 1. The van der Waals surface area contributed by atoms with Gasteiger partial charge in [-0.15, -0.1) is 20.4 Å². The van der Waals surface area contributed by atoms with Gasteiger partial charge in [-0.3, -0.25) is 4.72 Å². The molecule has 0 atom stereocenters. The van der Waals surface area contributed by atoms with E-state index in [0.717, 1.165) is 12.6 Å². The number of aromatic nitrogens is 2. The van der Waals surface area contributed by atoms with Crippen LogP contribution in [-0.2, 0) is 21.2 Å². The third-order valence-electron chi connectivity index (χ3n) is 4.74. The number of carbonyl (C=O) groups is 1. The SMILES string of the molecule is Cc1cc(NS(=O)(=O)C(F)(F)F)c(N=Nc2nnc(C(=O)OC(F)(F)C(F)(F)F)s2)cc1CCCNCC(C)C. The molecule has 2 N–H and O–H groups in total. The smallest absolute Gasteiger partial charge is 0.388 e. The first kappa shape index (κ1) is 33.2. The van der Waals surface area contributed by atoms with E-state index in [1.54, 1.807) is 0 Å². The fraction of sp³-hybridized carbons (Fsp3) is 0.550. The summed E-state index contributed by atoms with van der Waals surface area (Å²) in [6.07, 6.45) is -11.0. The summed E-state index contributed by atoms with van der Waals surface area (Å²) in [4.78, 5) is 11.6. The van der Waals surface area contributed by atoms with Gasteiger partial charge in [0.2, 0.25) is 5.01 Å². The van der Waals surface area contributed by atoms with Crippen molar-refractivity contribution in [3.8, 4) is 0 Å². The molecule has 224 valence electrons. The molecule has 2 aromatic rings. The number of ether oxygens (including phenoxy) is 1. The number of aryl methyl sites for hydroxylation is 2. The van der Waals surface area contributed by atoms with E-state index in [4.69, 9.17) is 0 Å². The van der Waals surface area contributed by atoms with Crippen LogP contribution in [0.1, 0.15) is 41.2 Å². The van der Waals surface area contributed by atoms with E-state index in [-0.39, 0.29) is 11.3 Å². The van der Waals surface area contributed by atoms with Crippen molar-refractivity contribution in [3.63, 3.8) is 0 Å². The normalized spacial score (nSPS) is 13.3. The minimum Gasteiger partial charge on any atom is -0.388 e. The predicted octanol–water partition coefficient (Wildman–Crippen LogP) is 6.01.